The van der Waals surface area contributed by atoms with Gasteiger partial charge in [-0.3, -0.25) is 10.1 Å². The third-order valence-electron chi connectivity index (χ3n) is 3.03. The molecule has 8 heteroatoms. The number of nitrogens with two attached hydrogens (primary N) is 1. The second-order valence-electron chi connectivity index (χ2n) is 5.07. The molecule has 0 saturated heterocycles. The molecule has 142 valence electrons. The maximum atomic E-state index is 13.8. The van der Waals surface area contributed by atoms with Gasteiger partial charge in [0.25, 0.3) is 5.91 Å². The van der Waals surface area contributed by atoms with Gasteiger partial charge in [-0.25, -0.2) is 13.9 Å². The maximum Gasteiger partial charge on any atom is 0.409 e. The minimum Gasteiger partial charge on any atom is -0.465 e. The van der Waals surface area contributed by atoms with Crippen LogP contribution in [0.1, 0.15) is 24.2 Å². The second-order valence-corrected chi connectivity index (χ2v) is 5.07. The minimum atomic E-state index is -1.29. The minimum absolute atomic E-state index is 0.0726. The van der Waals surface area contributed by atoms with Gasteiger partial charge in [-0.05, 0) is 32.0 Å². The second kappa shape index (κ2) is 11.0. The number of allylic oxidation sites excluding steroid dienone is 6. The van der Waals surface area contributed by atoms with Crippen LogP contribution in [0.4, 0.5) is 14.9 Å². The summed E-state index contributed by atoms with van der Waals surface area (Å²) in [6.07, 6.45) is 13.2. The summed E-state index contributed by atoms with van der Waals surface area (Å²) in [5, 5.41) is 14.3. The highest BCUT2D eigenvalue weighted by atomic mass is 19.1. The van der Waals surface area contributed by atoms with E-state index in [0.29, 0.717) is 0 Å². The molecule has 0 saturated carbocycles. The van der Waals surface area contributed by atoms with Gasteiger partial charge in [0.15, 0.2) is 5.82 Å². The van der Waals surface area contributed by atoms with E-state index < -0.39 is 17.8 Å². The molecule has 7 nitrogen and oxygen atoms in total. The van der Waals surface area contributed by atoms with Crippen molar-refractivity contribution in [3.63, 3.8) is 0 Å². The lowest BCUT2D eigenvalue weighted by Gasteiger charge is -2.05. The van der Waals surface area contributed by atoms with Gasteiger partial charge in [-0.2, -0.15) is 5.10 Å². The number of hydrogen-bond acceptors (Lipinski definition) is 3. The maximum absolute atomic E-state index is 13.8. The number of carbonyl (C=O) groups excluding carboxylic acids is 1. The summed E-state index contributed by atoms with van der Waals surface area (Å²) in [6.45, 7) is 4.00. The monoisotopic (exact) mass is 372 g/mol. The Morgan fingerprint density at radius 3 is 2.26 bits per heavy atom. The Kier molecular flexibility index (Phi) is 8.73. The van der Waals surface area contributed by atoms with Crippen molar-refractivity contribution < 1.29 is 19.1 Å². The van der Waals surface area contributed by atoms with E-state index in [1.807, 2.05) is 55.6 Å². The third-order valence-corrected chi connectivity index (χ3v) is 3.03. The van der Waals surface area contributed by atoms with E-state index in [4.69, 9.17) is 10.8 Å². The van der Waals surface area contributed by atoms with Gasteiger partial charge in [0.1, 0.15) is 5.69 Å². The van der Waals surface area contributed by atoms with Gasteiger partial charge in [-0.1, -0.05) is 36.5 Å². The lowest BCUT2D eigenvalue weighted by atomic mass is 10.2. The summed E-state index contributed by atoms with van der Waals surface area (Å²) >= 11 is 0. The summed E-state index contributed by atoms with van der Waals surface area (Å²) in [5.74, 6) is -1.36. The smallest absolute Gasteiger partial charge is 0.409 e. The van der Waals surface area contributed by atoms with Crippen LogP contribution in [-0.2, 0) is 0 Å². The molecule has 0 aliphatic carbocycles. The van der Waals surface area contributed by atoms with Crippen molar-refractivity contribution in [2.45, 2.75) is 13.8 Å². The number of amides is 2. The number of carbonyl (C=O) groups is 2. The van der Waals surface area contributed by atoms with Gasteiger partial charge >= 0.3 is 6.09 Å². The van der Waals surface area contributed by atoms with Crippen molar-refractivity contribution in [1.29, 1.82) is 0 Å². The standard InChI is InChI=1S/C11H9FN4O3.C8H12/c12-8-3-7(15-11(18)19)1-2-9(8)16-5-6(4-14-16)10(13)17;1-3-5-7-8-6-4-2/h1-5,15H,(H2,13,17)(H,18,19);3-8H,1-2H3/b;5-3-,6-4+,8-7-. The van der Waals surface area contributed by atoms with Crippen molar-refractivity contribution in [3.8, 4) is 5.69 Å². The predicted octanol–water partition coefficient (Wildman–Crippen LogP) is 3.90. The highest BCUT2D eigenvalue weighted by Crippen LogP contribution is 2.18. The number of hydrogen-bond donors (Lipinski definition) is 3. The molecule has 1 aromatic heterocycles. The van der Waals surface area contributed by atoms with Crippen LogP contribution in [0.3, 0.4) is 0 Å². The van der Waals surface area contributed by atoms with Crippen LogP contribution in [0.15, 0.2) is 67.0 Å². The summed E-state index contributed by atoms with van der Waals surface area (Å²) in [7, 11) is 0. The summed E-state index contributed by atoms with van der Waals surface area (Å²) in [6, 6.07) is 3.71. The molecule has 2 aromatic rings. The van der Waals surface area contributed by atoms with Gasteiger partial charge in [0.2, 0.25) is 0 Å². The predicted molar refractivity (Wildman–Crippen MR) is 102 cm³/mol. The molecule has 2 rings (SSSR count). The van der Waals surface area contributed by atoms with Gasteiger partial charge in [0.05, 0.1) is 11.8 Å². The van der Waals surface area contributed by atoms with Crippen molar-refractivity contribution in [1.82, 2.24) is 9.78 Å². The highest BCUT2D eigenvalue weighted by Gasteiger charge is 2.10. The summed E-state index contributed by atoms with van der Waals surface area (Å²) in [4.78, 5) is 21.3. The molecule has 0 radical (unpaired) electrons. The summed E-state index contributed by atoms with van der Waals surface area (Å²) in [5.41, 5.74) is 5.37. The molecule has 0 aliphatic rings. The van der Waals surface area contributed by atoms with Gasteiger partial charge in [0, 0.05) is 11.9 Å². The Bertz CT molecular complexity index is 856. The van der Waals surface area contributed by atoms with Crippen molar-refractivity contribution in [3.05, 3.63) is 78.4 Å². The van der Waals surface area contributed by atoms with Crippen LogP contribution in [0, 0.1) is 5.82 Å². The normalized spacial score (nSPS) is 10.9. The topological polar surface area (TPSA) is 110 Å². The lowest BCUT2D eigenvalue weighted by molar-refractivity contribution is 0.1000. The van der Waals surface area contributed by atoms with Gasteiger partial charge < -0.3 is 10.8 Å². The van der Waals surface area contributed by atoms with Crippen molar-refractivity contribution >= 4 is 17.7 Å². The molecule has 0 unspecified atom stereocenters. The number of carboxylic acid groups (broad SMARTS) is 1. The van der Waals surface area contributed by atoms with E-state index in [9.17, 15) is 14.0 Å². The van der Waals surface area contributed by atoms with Crippen LogP contribution in [-0.4, -0.2) is 26.9 Å². The zero-order chi connectivity index (χ0) is 20.2. The molecular weight excluding hydrogens is 351 g/mol. The number of primary amides is 1. The van der Waals surface area contributed by atoms with Crippen LogP contribution < -0.4 is 11.1 Å². The van der Waals surface area contributed by atoms with Crippen LogP contribution in [0.25, 0.3) is 5.69 Å². The Balaban J connectivity index is 0.000000387. The van der Waals surface area contributed by atoms with Crippen LogP contribution >= 0.6 is 0 Å². The molecule has 4 N–H and O–H groups in total. The average molecular weight is 372 g/mol. The molecule has 0 bridgehead atoms. The van der Waals surface area contributed by atoms with Gasteiger partial charge in [-0.15, -0.1) is 0 Å². The molecule has 1 heterocycles. The molecule has 1 aromatic carbocycles. The Morgan fingerprint density at radius 2 is 1.81 bits per heavy atom. The van der Waals surface area contributed by atoms with Crippen molar-refractivity contribution in [2.24, 2.45) is 5.73 Å². The lowest BCUT2D eigenvalue weighted by Crippen LogP contribution is -2.10. The van der Waals surface area contributed by atoms with E-state index >= 15 is 0 Å². The fourth-order valence-corrected chi connectivity index (χ4v) is 1.83. The van der Waals surface area contributed by atoms with E-state index in [2.05, 4.69) is 5.10 Å². The average Bonchev–Trinajstić information content (AvgIpc) is 3.09. The fourth-order valence-electron chi connectivity index (χ4n) is 1.83. The van der Waals surface area contributed by atoms with E-state index in [-0.39, 0.29) is 16.9 Å². The first kappa shape index (κ1) is 21.4. The van der Waals surface area contributed by atoms with E-state index in [1.54, 1.807) is 0 Å². The number of aromatic nitrogens is 2. The zero-order valence-corrected chi connectivity index (χ0v) is 15.0. The SMILES string of the molecule is C\C=C/C=C\C=C\C.NC(=O)c1cnn(-c2ccc(NC(=O)O)cc2F)c1. The third kappa shape index (κ3) is 7.39. The van der Waals surface area contributed by atoms with Crippen molar-refractivity contribution in [2.75, 3.05) is 5.32 Å². The summed E-state index contributed by atoms with van der Waals surface area (Å²) < 4.78 is 14.9. The number of nitrogens with zero attached hydrogens (tertiary/aromatic N) is 2. The number of nitrogens with one attached hydrogen (secondary N) is 1. The molecule has 0 fully saturated rings. The number of benzene rings is 1. The molecular formula is C19H21FN4O3. The first-order valence-corrected chi connectivity index (χ1v) is 7.94. The largest absolute Gasteiger partial charge is 0.465 e. The Labute approximate surface area is 156 Å². The quantitative estimate of drug-likeness (QED) is 0.691. The van der Waals surface area contributed by atoms with E-state index in [1.165, 1.54) is 24.5 Å². The number of anilines is 1. The highest BCUT2D eigenvalue weighted by molar-refractivity contribution is 5.92. The molecule has 0 atom stereocenters. The molecule has 0 aliphatic heterocycles. The molecule has 27 heavy (non-hydrogen) atoms. The first-order valence-electron chi connectivity index (χ1n) is 7.94. The van der Waals surface area contributed by atoms with Crippen LogP contribution in [0.5, 0.6) is 0 Å². The molecule has 0 spiro atoms. The Hall–Kier alpha value is -3.68. The number of halogens is 1. The van der Waals surface area contributed by atoms with Crippen LogP contribution in [0.2, 0.25) is 0 Å². The zero-order valence-electron chi connectivity index (χ0n) is 15.0. The number of rotatable bonds is 5. The van der Waals surface area contributed by atoms with E-state index in [0.717, 1.165) is 10.7 Å². The Morgan fingerprint density at radius 1 is 1.19 bits per heavy atom. The fraction of sp³-hybridized carbons (Fsp3) is 0.105. The first-order chi connectivity index (χ1) is 12.9. The molecule has 2 amide bonds.